The molecule has 17 heavy (non-hydrogen) atoms. The molecule has 0 spiro atoms. The third-order valence-electron chi connectivity index (χ3n) is 3.86. The lowest BCUT2D eigenvalue weighted by Crippen LogP contribution is -2.40. The van der Waals surface area contributed by atoms with Crippen LogP contribution in [-0.2, 0) is 4.74 Å². The zero-order chi connectivity index (χ0) is 12.5. The minimum Gasteiger partial charge on any atom is -0.383 e. The van der Waals surface area contributed by atoms with Crippen LogP contribution < -0.4 is 5.32 Å². The first kappa shape index (κ1) is 14.9. The normalized spacial score (nSPS) is 23.8. The van der Waals surface area contributed by atoms with E-state index in [1.54, 1.807) is 7.11 Å². The van der Waals surface area contributed by atoms with Crippen LogP contribution in [0.15, 0.2) is 0 Å². The molecule has 3 heteroatoms. The molecule has 0 aromatic heterocycles. The fourth-order valence-electron chi connectivity index (χ4n) is 2.60. The maximum atomic E-state index is 5.19. The van der Waals surface area contributed by atoms with Crippen LogP contribution in [0.2, 0.25) is 0 Å². The fraction of sp³-hybridized carbons (Fsp3) is 1.00. The Hall–Kier alpha value is -0.120. The molecule has 0 bridgehead atoms. The molecular formula is C14H30N2O. The molecule has 1 aliphatic rings. The second-order valence-electron chi connectivity index (χ2n) is 5.25. The fourth-order valence-corrected chi connectivity index (χ4v) is 2.60. The van der Waals surface area contributed by atoms with Gasteiger partial charge >= 0.3 is 0 Å². The van der Waals surface area contributed by atoms with Crippen LogP contribution in [0.25, 0.3) is 0 Å². The number of hydrogen-bond donors (Lipinski definition) is 1. The van der Waals surface area contributed by atoms with Crippen LogP contribution in [0.4, 0.5) is 0 Å². The highest BCUT2D eigenvalue weighted by Gasteiger charge is 2.17. The molecule has 0 aliphatic carbocycles. The standard InChI is InChI=1S/C14H30N2O/c1-4-14(12-17-3)15-9-7-11-16-10-6-5-8-13(16)2/h13-15H,4-12H2,1-3H3. The quantitative estimate of drug-likeness (QED) is 0.661. The molecule has 3 nitrogen and oxygen atoms in total. The lowest BCUT2D eigenvalue weighted by Gasteiger charge is -2.33. The molecule has 0 aromatic rings. The van der Waals surface area contributed by atoms with Gasteiger partial charge in [-0.05, 0) is 52.2 Å². The van der Waals surface area contributed by atoms with Crippen molar-refractivity contribution in [1.29, 1.82) is 0 Å². The summed E-state index contributed by atoms with van der Waals surface area (Å²) in [6.07, 6.45) is 6.59. The average molecular weight is 242 g/mol. The van der Waals surface area contributed by atoms with Crippen LogP contribution in [-0.4, -0.2) is 50.3 Å². The molecule has 1 saturated heterocycles. The summed E-state index contributed by atoms with van der Waals surface area (Å²) < 4.78 is 5.19. The number of hydrogen-bond acceptors (Lipinski definition) is 3. The number of ether oxygens (including phenoxy) is 1. The highest BCUT2D eigenvalue weighted by Crippen LogP contribution is 2.16. The third-order valence-corrected chi connectivity index (χ3v) is 3.86. The predicted octanol–water partition coefficient (Wildman–Crippen LogP) is 2.27. The van der Waals surface area contributed by atoms with Gasteiger partial charge in [0.25, 0.3) is 0 Å². The van der Waals surface area contributed by atoms with E-state index in [9.17, 15) is 0 Å². The summed E-state index contributed by atoms with van der Waals surface area (Å²) in [5.41, 5.74) is 0. The molecular weight excluding hydrogens is 212 g/mol. The second-order valence-corrected chi connectivity index (χ2v) is 5.25. The van der Waals surface area contributed by atoms with Crippen molar-refractivity contribution < 1.29 is 4.74 Å². The van der Waals surface area contributed by atoms with E-state index in [1.807, 2.05) is 0 Å². The number of likely N-dealkylation sites (tertiary alicyclic amines) is 1. The molecule has 1 aliphatic heterocycles. The van der Waals surface area contributed by atoms with Gasteiger partial charge in [-0.1, -0.05) is 13.3 Å². The van der Waals surface area contributed by atoms with Gasteiger partial charge in [0.15, 0.2) is 0 Å². The van der Waals surface area contributed by atoms with Gasteiger partial charge in [0.1, 0.15) is 0 Å². The van der Waals surface area contributed by atoms with Crippen molar-refractivity contribution in [3.8, 4) is 0 Å². The third kappa shape index (κ3) is 5.84. The maximum absolute atomic E-state index is 5.19. The summed E-state index contributed by atoms with van der Waals surface area (Å²) in [5.74, 6) is 0. The Labute approximate surface area is 107 Å². The van der Waals surface area contributed by atoms with E-state index in [0.717, 1.165) is 25.6 Å². The Morgan fingerprint density at radius 2 is 2.24 bits per heavy atom. The topological polar surface area (TPSA) is 24.5 Å². The highest BCUT2D eigenvalue weighted by molar-refractivity contribution is 4.73. The Balaban J connectivity index is 2.06. The van der Waals surface area contributed by atoms with Gasteiger partial charge in [-0.2, -0.15) is 0 Å². The van der Waals surface area contributed by atoms with Crippen LogP contribution in [0.1, 0.15) is 46.0 Å². The van der Waals surface area contributed by atoms with Crippen LogP contribution in [0.5, 0.6) is 0 Å². The summed E-state index contributed by atoms with van der Waals surface area (Å²) in [7, 11) is 1.78. The van der Waals surface area contributed by atoms with Crippen molar-refractivity contribution in [1.82, 2.24) is 10.2 Å². The molecule has 0 aromatic carbocycles. The molecule has 1 fully saturated rings. The molecule has 0 saturated carbocycles. The van der Waals surface area contributed by atoms with Crippen LogP contribution >= 0.6 is 0 Å². The first-order valence-electron chi connectivity index (χ1n) is 7.24. The Morgan fingerprint density at radius 3 is 2.88 bits per heavy atom. The zero-order valence-corrected chi connectivity index (χ0v) is 11.9. The van der Waals surface area contributed by atoms with Crippen molar-refractivity contribution >= 4 is 0 Å². The van der Waals surface area contributed by atoms with E-state index < -0.39 is 0 Å². The number of methoxy groups -OCH3 is 1. The number of piperidine rings is 1. The van der Waals surface area contributed by atoms with Crippen molar-refractivity contribution in [3.63, 3.8) is 0 Å². The molecule has 1 rings (SSSR count). The summed E-state index contributed by atoms with van der Waals surface area (Å²) in [6.45, 7) is 9.07. The van der Waals surface area contributed by atoms with Gasteiger partial charge in [-0.3, -0.25) is 0 Å². The van der Waals surface area contributed by atoms with Gasteiger partial charge in [0.05, 0.1) is 6.61 Å². The maximum Gasteiger partial charge on any atom is 0.0615 e. The first-order chi connectivity index (χ1) is 8.27. The van der Waals surface area contributed by atoms with Crippen molar-refractivity contribution in [3.05, 3.63) is 0 Å². The van der Waals surface area contributed by atoms with Crippen LogP contribution in [0.3, 0.4) is 0 Å². The van der Waals surface area contributed by atoms with E-state index in [-0.39, 0.29) is 0 Å². The van der Waals surface area contributed by atoms with Gasteiger partial charge < -0.3 is 15.0 Å². The highest BCUT2D eigenvalue weighted by atomic mass is 16.5. The second kappa shape index (κ2) is 8.90. The molecule has 2 unspecified atom stereocenters. The lowest BCUT2D eigenvalue weighted by atomic mass is 10.0. The molecule has 0 radical (unpaired) electrons. The Bertz CT molecular complexity index is 187. The van der Waals surface area contributed by atoms with E-state index in [0.29, 0.717) is 6.04 Å². The van der Waals surface area contributed by atoms with Gasteiger partial charge in [-0.25, -0.2) is 0 Å². The van der Waals surface area contributed by atoms with E-state index in [2.05, 4.69) is 24.1 Å². The first-order valence-corrected chi connectivity index (χ1v) is 7.24. The molecule has 0 amide bonds. The monoisotopic (exact) mass is 242 g/mol. The zero-order valence-electron chi connectivity index (χ0n) is 11.9. The summed E-state index contributed by atoms with van der Waals surface area (Å²) in [4.78, 5) is 2.64. The number of rotatable bonds is 8. The number of nitrogens with zero attached hydrogens (tertiary/aromatic N) is 1. The average Bonchev–Trinajstić information content (AvgIpc) is 2.35. The van der Waals surface area contributed by atoms with Crippen LogP contribution in [0, 0.1) is 0 Å². The van der Waals surface area contributed by atoms with E-state index >= 15 is 0 Å². The predicted molar refractivity (Wildman–Crippen MR) is 73.5 cm³/mol. The van der Waals surface area contributed by atoms with Crippen molar-refractivity contribution in [2.45, 2.75) is 58.0 Å². The van der Waals surface area contributed by atoms with Gasteiger partial charge in [-0.15, -0.1) is 0 Å². The Kier molecular flexibility index (Phi) is 7.82. The molecule has 2 atom stereocenters. The van der Waals surface area contributed by atoms with Crippen molar-refractivity contribution in [2.75, 3.05) is 33.4 Å². The molecule has 1 heterocycles. The number of nitrogens with one attached hydrogen (secondary N) is 1. The van der Waals surface area contributed by atoms with E-state index in [4.69, 9.17) is 4.74 Å². The van der Waals surface area contributed by atoms with E-state index in [1.165, 1.54) is 38.8 Å². The van der Waals surface area contributed by atoms with Gasteiger partial charge in [0.2, 0.25) is 0 Å². The SMILES string of the molecule is CCC(COC)NCCCN1CCCCC1C. The largest absolute Gasteiger partial charge is 0.383 e. The minimum atomic E-state index is 0.527. The summed E-state index contributed by atoms with van der Waals surface area (Å²) >= 11 is 0. The minimum absolute atomic E-state index is 0.527. The summed E-state index contributed by atoms with van der Waals surface area (Å²) in [6, 6.07) is 1.32. The van der Waals surface area contributed by atoms with Crippen molar-refractivity contribution in [2.24, 2.45) is 0 Å². The summed E-state index contributed by atoms with van der Waals surface area (Å²) in [5, 5.41) is 3.57. The smallest absolute Gasteiger partial charge is 0.0615 e. The van der Waals surface area contributed by atoms with Gasteiger partial charge in [0, 0.05) is 19.2 Å². The Morgan fingerprint density at radius 1 is 1.41 bits per heavy atom. The molecule has 1 N–H and O–H groups in total. The molecule has 102 valence electrons. The lowest BCUT2D eigenvalue weighted by molar-refractivity contribution is 0.150.